The number of halogens is 1. The summed E-state index contributed by atoms with van der Waals surface area (Å²) in [4.78, 5) is 4.65. The molecule has 5 heteroatoms. The van der Waals surface area contributed by atoms with Crippen LogP contribution in [0.2, 0.25) is 0 Å². The van der Waals surface area contributed by atoms with Crippen LogP contribution < -0.4 is 10.6 Å². The fourth-order valence-electron chi connectivity index (χ4n) is 2.76. The molecule has 1 fully saturated rings. The van der Waals surface area contributed by atoms with E-state index in [0.717, 1.165) is 38.3 Å². The first kappa shape index (κ1) is 21.0. The van der Waals surface area contributed by atoms with Gasteiger partial charge in [0.05, 0.1) is 6.10 Å². The Kier molecular flexibility index (Phi) is 12.5. The molecule has 0 spiro atoms. The molecule has 0 saturated heterocycles. The monoisotopic (exact) mass is 411 g/mol. The summed E-state index contributed by atoms with van der Waals surface area (Å²) in [5, 5.41) is 16.6. The zero-order valence-corrected chi connectivity index (χ0v) is 16.2. The number of aliphatic hydroxyl groups is 1. The lowest BCUT2D eigenvalue weighted by atomic mass is 10.1. The lowest BCUT2D eigenvalue weighted by Crippen LogP contribution is -2.42. The van der Waals surface area contributed by atoms with Crippen LogP contribution in [0.4, 0.5) is 0 Å². The average Bonchev–Trinajstić information content (AvgIpc) is 2.82. The third-order valence-electron chi connectivity index (χ3n) is 4.07. The molecule has 0 bridgehead atoms. The molecule has 126 valence electrons. The largest absolute Gasteiger partial charge is 0.393 e. The van der Waals surface area contributed by atoms with Crippen LogP contribution in [0.1, 0.15) is 65.7 Å². The van der Waals surface area contributed by atoms with Crippen molar-refractivity contribution in [2.24, 2.45) is 10.9 Å². The van der Waals surface area contributed by atoms with Crippen molar-refractivity contribution in [1.29, 1.82) is 0 Å². The highest BCUT2D eigenvalue weighted by Gasteiger charge is 2.24. The van der Waals surface area contributed by atoms with Gasteiger partial charge in [0.2, 0.25) is 0 Å². The number of aliphatic hydroxyl groups excluding tert-OH is 1. The minimum atomic E-state index is -0.149. The maximum Gasteiger partial charge on any atom is 0.191 e. The SMILES string of the molecule is CCCCCC(C)NC(=NCC1CCCC1O)NCC.I. The van der Waals surface area contributed by atoms with Gasteiger partial charge in [0, 0.05) is 25.0 Å². The molecule has 1 saturated carbocycles. The topological polar surface area (TPSA) is 56.7 Å². The van der Waals surface area contributed by atoms with Gasteiger partial charge in [-0.05, 0) is 33.1 Å². The second-order valence-electron chi connectivity index (χ2n) is 6.02. The quantitative estimate of drug-likeness (QED) is 0.249. The van der Waals surface area contributed by atoms with Gasteiger partial charge in [-0.3, -0.25) is 4.99 Å². The molecule has 0 amide bonds. The van der Waals surface area contributed by atoms with E-state index < -0.39 is 0 Å². The Hall–Kier alpha value is -0.0400. The van der Waals surface area contributed by atoms with Crippen molar-refractivity contribution in [2.45, 2.75) is 77.9 Å². The molecule has 3 N–H and O–H groups in total. The van der Waals surface area contributed by atoms with E-state index in [4.69, 9.17) is 0 Å². The van der Waals surface area contributed by atoms with E-state index in [1.807, 2.05) is 0 Å². The minimum absolute atomic E-state index is 0. The molecule has 0 radical (unpaired) electrons. The number of nitrogens with zero attached hydrogens (tertiary/aromatic N) is 1. The first-order chi connectivity index (χ1) is 9.67. The third kappa shape index (κ3) is 8.86. The Morgan fingerprint density at radius 1 is 1.29 bits per heavy atom. The standard InChI is InChI=1S/C16H33N3O.HI/c1-4-6-7-9-13(3)19-16(17-5-2)18-12-14-10-8-11-15(14)20;/h13-15,20H,4-12H2,1-3H3,(H2,17,18,19);1H. The van der Waals surface area contributed by atoms with Crippen LogP contribution >= 0.6 is 24.0 Å². The maximum absolute atomic E-state index is 9.85. The molecule has 4 nitrogen and oxygen atoms in total. The van der Waals surface area contributed by atoms with Gasteiger partial charge in [-0.2, -0.15) is 0 Å². The molecule has 1 aliphatic rings. The molecule has 0 aromatic rings. The van der Waals surface area contributed by atoms with E-state index in [-0.39, 0.29) is 30.1 Å². The van der Waals surface area contributed by atoms with E-state index in [1.165, 1.54) is 25.7 Å². The van der Waals surface area contributed by atoms with Crippen LogP contribution in [-0.4, -0.2) is 36.3 Å². The van der Waals surface area contributed by atoms with Crippen LogP contribution in [0.3, 0.4) is 0 Å². The van der Waals surface area contributed by atoms with E-state index in [2.05, 4.69) is 36.4 Å². The summed E-state index contributed by atoms with van der Waals surface area (Å²) >= 11 is 0. The van der Waals surface area contributed by atoms with Crippen molar-refractivity contribution in [1.82, 2.24) is 10.6 Å². The maximum atomic E-state index is 9.85. The third-order valence-corrected chi connectivity index (χ3v) is 4.07. The van der Waals surface area contributed by atoms with E-state index >= 15 is 0 Å². The van der Waals surface area contributed by atoms with E-state index in [9.17, 15) is 5.11 Å². The Labute approximate surface area is 147 Å². The van der Waals surface area contributed by atoms with Crippen molar-refractivity contribution >= 4 is 29.9 Å². The number of guanidine groups is 1. The number of hydrogen-bond acceptors (Lipinski definition) is 2. The van der Waals surface area contributed by atoms with Crippen LogP contribution in [-0.2, 0) is 0 Å². The summed E-state index contributed by atoms with van der Waals surface area (Å²) in [6, 6.07) is 0.452. The van der Waals surface area contributed by atoms with Gasteiger partial charge in [0.25, 0.3) is 0 Å². The van der Waals surface area contributed by atoms with Gasteiger partial charge < -0.3 is 15.7 Å². The second kappa shape index (κ2) is 12.5. The number of unbranched alkanes of at least 4 members (excludes halogenated alkanes) is 2. The van der Waals surface area contributed by atoms with E-state index in [1.54, 1.807) is 0 Å². The number of nitrogens with one attached hydrogen (secondary N) is 2. The summed E-state index contributed by atoms with van der Waals surface area (Å²) < 4.78 is 0. The number of hydrogen-bond donors (Lipinski definition) is 3. The van der Waals surface area contributed by atoms with Gasteiger partial charge in [-0.15, -0.1) is 24.0 Å². The van der Waals surface area contributed by atoms with Crippen molar-refractivity contribution in [3.8, 4) is 0 Å². The van der Waals surface area contributed by atoms with Crippen molar-refractivity contribution < 1.29 is 5.11 Å². The highest BCUT2D eigenvalue weighted by molar-refractivity contribution is 14.0. The smallest absolute Gasteiger partial charge is 0.191 e. The average molecular weight is 411 g/mol. The fraction of sp³-hybridized carbons (Fsp3) is 0.938. The molecule has 0 aromatic carbocycles. The zero-order valence-electron chi connectivity index (χ0n) is 13.9. The lowest BCUT2D eigenvalue weighted by Gasteiger charge is -2.19. The van der Waals surface area contributed by atoms with Gasteiger partial charge in [0.1, 0.15) is 0 Å². The van der Waals surface area contributed by atoms with Crippen LogP contribution in [0.15, 0.2) is 4.99 Å². The predicted octanol–water partition coefficient (Wildman–Crippen LogP) is 3.29. The van der Waals surface area contributed by atoms with Crippen molar-refractivity contribution in [2.75, 3.05) is 13.1 Å². The molecular formula is C16H34IN3O. The van der Waals surface area contributed by atoms with Crippen molar-refractivity contribution in [3.63, 3.8) is 0 Å². The summed E-state index contributed by atoms with van der Waals surface area (Å²) in [6.07, 6.45) is 8.06. The first-order valence-electron chi connectivity index (χ1n) is 8.40. The lowest BCUT2D eigenvalue weighted by molar-refractivity contribution is 0.136. The summed E-state index contributed by atoms with van der Waals surface area (Å²) in [7, 11) is 0. The Balaban J connectivity index is 0.00000400. The van der Waals surface area contributed by atoms with Crippen molar-refractivity contribution in [3.05, 3.63) is 0 Å². The number of aliphatic imine (C=N–C) groups is 1. The first-order valence-corrected chi connectivity index (χ1v) is 8.40. The highest BCUT2D eigenvalue weighted by Crippen LogP contribution is 2.25. The normalized spacial score (nSPS) is 23.5. The molecular weight excluding hydrogens is 377 g/mol. The molecule has 1 aliphatic carbocycles. The Morgan fingerprint density at radius 2 is 2.05 bits per heavy atom. The molecule has 0 aromatic heterocycles. The van der Waals surface area contributed by atoms with Crippen LogP contribution in [0.25, 0.3) is 0 Å². The second-order valence-corrected chi connectivity index (χ2v) is 6.02. The molecule has 21 heavy (non-hydrogen) atoms. The van der Waals surface area contributed by atoms with Gasteiger partial charge in [-0.25, -0.2) is 0 Å². The summed E-state index contributed by atoms with van der Waals surface area (Å²) in [6.45, 7) is 8.14. The van der Waals surface area contributed by atoms with Gasteiger partial charge in [0.15, 0.2) is 5.96 Å². The Morgan fingerprint density at radius 3 is 2.62 bits per heavy atom. The molecule has 3 atom stereocenters. The van der Waals surface area contributed by atoms with E-state index in [0.29, 0.717) is 12.0 Å². The van der Waals surface area contributed by atoms with Gasteiger partial charge >= 0.3 is 0 Å². The van der Waals surface area contributed by atoms with Crippen LogP contribution in [0, 0.1) is 5.92 Å². The fourth-order valence-corrected chi connectivity index (χ4v) is 2.76. The predicted molar refractivity (Wildman–Crippen MR) is 101 cm³/mol. The molecule has 3 unspecified atom stereocenters. The van der Waals surface area contributed by atoms with Crippen LogP contribution in [0.5, 0.6) is 0 Å². The zero-order chi connectivity index (χ0) is 14.8. The summed E-state index contributed by atoms with van der Waals surface area (Å²) in [5.41, 5.74) is 0. The Bertz CT molecular complexity index is 287. The van der Waals surface area contributed by atoms with Gasteiger partial charge in [-0.1, -0.05) is 32.6 Å². The minimum Gasteiger partial charge on any atom is -0.393 e. The molecule has 0 heterocycles. The summed E-state index contributed by atoms with van der Waals surface area (Å²) in [5.74, 6) is 1.25. The number of rotatable bonds is 8. The molecule has 0 aliphatic heterocycles. The molecule has 1 rings (SSSR count). The highest BCUT2D eigenvalue weighted by atomic mass is 127.